The summed E-state index contributed by atoms with van der Waals surface area (Å²) in [6.07, 6.45) is 2.62. The fraction of sp³-hybridized carbons (Fsp3) is 0.286. The predicted octanol–water partition coefficient (Wildman–Crippen LogP) is 1.64. The van der Waals surface area contributed by atoms with E-state index in [0.717, 1.165) is 17.7 Å². The second kappa shape index (κ2) is 5.67. The molecule has 19 heavy (non-hydrogen) atoms. The molecule has 1 heterocycles. The third kappa shape index (κ3) is 2.66. The molecular formula is C14H18N4O. The summed E-state index contributed by atoms with van der Waals surface area (Å²) in [5.74, 6) is -0.198. The van der Waals surface area contributed by atoms with Crippen LogP contribution in [0.2, 0.25) is 0 Å². The van der Waals surface area contributed by atoms with E-state index in [1.165, 1.54) is 0 Å². The number of hydrogen-bond acceptors (Lipinski definition) is 3. The summed E-state index contributed by atoms with van der Waals surface area (Å²) in [4.78, 5) is 11.5. The molecule has 2 rings (SSSR count). The number of rotatable bonds is 4. The minimum absolute atomic E-state index is 0.0381. The van der Waals surface area contributed by atoms with Crippen molar-refractivity contribution in [2.24, 2.45) is 5.73 Å². The Morgan fingerprint density at radius 3 is 2.84 bits per heavy atom. The fourth-order valence-electron chi connectivity index (χ4n) is 1.94. The average Bonchev–Trinajstić information content (AvgIpc) is 2.95. The van der Waals surface area contributed by atoms with Gasteiger partial charge in [0.2, 0.25) is 0 Å². The van der Waals surface area contributed by atoms with Gasteiger partial charge in [-0.05, 0) is 24.1 Å². The fourth-order valence-corrected chi connectivity index (χ4v) is 1.94. The van der Waals surface area contributed by atoms with E-state index in [4.69, 9.17) is 5.73 Å². The highest BCUT2D eigenvalue weighted by molar-refractivity contribution is 5.91. The lowest BCUT2D eigenvalue weighted by atomic mass is 10.0. The Balaban J connectivity index is 2.42. The zero-order valence-electron chi connectivity index (χ0n) is 11.1. The van der Waals surface area contributed by atoms with Crippen molar-refractivity contribution < 1.29 is 4.79 Å². The van der Waals surface area contributed by atoms with Gasteiger partial charge in [-0.1, -0.05) is 25.1 Å². The number of hydrogen-bond donors (Lipinski definition) is 2. The molecule has 3 N–H and O–H groups in total. The molecule has 0 spiro atoms. The minimum atomic E-state index is -0.198. The van der Waals surface area contributed by atoms with E-state index in [1.807, 2.05) is 31.2 Å². The quantitative estimate of drug-likeness (QED) is 0.875. The first kappa shape index (κ1) is 13.3. The molecule has 5 heteroatoms. The molecule has 0 aliphatic rings. The number of carbonyl (C=O) groups is 1. The van der Waals surface area contributed by atoms with Gasteiger partial charge >= 0.3 is 0 Å². The Bertz CT molecular complexity index is 576. The van der Waals surface area contributed by atoms with Gasteiger partial charge in [0.15, 0.2) is 5.69 Å². The highest BCUT2D eigenvalue weighted by Gasteiger charge is 2.13. The summed E-state index contributed by atoms with van der Waals surface area (Å²) in [5, 5.41) is 6.83. The lowest BCUT2D eigenvalue weighted by Gasteiger charge is -2.14. The summed E-state index contributed by atoms with van der Waals surface area (Å²) >= 11 is 0. The maximum Gasteiger partial charge on any atom is 0.271 e. The second-order valence-electron chi connectivity index (χ2n) is 4.30. The van der Waals surface area contributed by atoms with E-state index in [-0.39, 0.29) is 11.9 Å². The summed E-state index contributed by atoms with van der Waals surface area (Å²) < 4.78 is 1.69. The van der Waals surface area contributed by atoms with Crippen LogP contribution >= 0.6 is 0 Å². The van der Waals surface area contributed by atoms with Gasteiger partial charge in [-0.15, -0.1) is 0 Å². The van der Waals surface area contributed by atoms with E-state index in [1.54, 1.807) is 24.0 Å². The van der Waals surface area contributed by atoms with Gasteiger partial charge in [-0.25, -0.2) is 4.68 Å². The standard InChI is InChI=1S/C14H18N4O/c1-3-11(15)10-6-4-5-7-13(10)18-9-8-12(17-18)14(19)16-2/h4-9,11H,3,15H2,1-2H3,(H,16,19)/t11-/m0/s1. The molecule has 5 nitrogen and oxygen atoms in total. The normalized spacial score (nSPS) is 12.2. The highest BCUT2D eigenvalue weighted by atomic mass is 16.1. The third-order valence-corrected chi connectivity index (χ3v) is 3.07. The lowest BCUT2D eigenvalue weighted by Crippen LogP contribution is -2.19. The minimum Gasteiger partial charge on any atom is -0.354 e. The van der Waals surface area contributed by atoms with Gasteiger partial charge in [0.05, 0.1) is 5.69 Å². The Hall–Kier alpha value is -2.14. The van der Waals surface area contributed by atoms with Crippen LogP contribution in [-0.4, -0.2) is 22.7 Å². The van der Waals surface area contributed by atoms with Crippen molar-refractivity contribution in [1.29, 1.82) is 0 Å². The molecule has 0 bridgehead atoms. The third-order valence-electron chi connectivity index (χ3n) is 3.07. The van der Waals surface area contributed by atoms with Crippen LogP contribution in [0.5, 0.6) is 0 Å². The van der Waals surface area contributed by atoms with Gasteiger partial charge in [0, 0.05) is 19.3 Å². The van der Waals surface area contributed by atoms with Gasteiger partial charge in [0.25, 0.3) is 5.91 Å². The zero-order valence-corrected chi connectivity index (χ0v) is 11.1. The number of aromatic nitrogens is 2. The van der Waals surface area contributed by atoms with Gasteiger partial charge in [0.1, 0.15) is 0 Å². The van der Waals surface area contributed by atoms with Crippen molar-refractivity contribution in [3.63, 3.8) is 0 Å². The summed E-state index contributed by atoms with van der Waals surface area (Å²) in [7, 11) is 1.59. The average molecular weight is 258 g/mol. The van der Waals surface area contributed by atoms with Crippen molar-refractivity contribution >= 4 is 5.91 Å². The number of nitrogens with one attached hydrogen (secondary N) is 1. The van der Waals surface area contributed by atoms with E-state index in [9.17, 15) is 4.79 Å². The number of para-hydroxylation sites is 1. The molecule has 1 atom stereocenters. The molecular weight excluding hydrogens is 240 g/mol. The largest absolute Gasteiger partial charge is 0.354 e. The zero-order chi connectivity index (χ0) is 13.8. The van der Waals surface area contributed by atoms with Crippen molar-refractivity contribution in [3.05, 3.63) is 47.8 Å². The predicted molar refractivity (Wildman–Crippen MR) is 74.2 cm³/mol. The second-order valence-corrected chi connectivity index (χ2v) is 4.30. The molecule has 1 aromatic carbocycles. The Kier molecular flexibility index (Phi) is 3.97. The number of benzene rings is 1. The van der Waals surface area contributed by atoms with Crippen LogP contribution < -0.4 is 11.1 Å². The SMILES string of the molecule is CC[C@H](N)c1ccccc1-n1ccc(C(=O)NC)n1. The molecule has 1 amide bonds. The van der Waals surface area contributed by atoms with Crippen LogP contribution in [0.25, 0.3) is 5.69 Å². The molecule has 100 valence electrons. The van der Waals surface area contributed by atoms with Crippen LogP contribution in [0, 0.1) is 0 Å². The smallest absolute Gasteiger partial charge is 0.271 e. The van der Waals surface area contributed by atoms with Crippen LogP contribution in [0.15, 0.2) is 36.5 Å². The molecule has 0 saturated carbocycles. The molecule has 0 radical (unpaired) electrons. The first-order valence-electron chi connectivity index (χ1n) is 6.30. The maximum absolute atomic E-state index is 11.5. The first-order chi connectivity index (χ1) is 9.17. The number of amides is 1. The molecule has 0 saturated heterocycles. The van der Waals surface area contributed by atoms with Crippen molar-refractivity contribution in [2.45, 2.75) is 19.4 Å². The molecule has 2 aromatic rings. The topological polar surface area (TPSA) is 72.9 Å². The van der Waals surface area contributed by atoms with Gasteiger partial charge < -0.3 is 11.1 Å². The molecule has 0 fully saturated rings. The number of nitrogens with zero attached hydrogens (tertiary/aromatic N) is 2. The summed E-state index contributed by atoms with van der Waals surface area (Å²) in [5.41, 5.74) is 8.43. The van der Waals surface area contributed by atoms with Crippen LogP contribution in [0.1, 0.15) is 35.4 Å². The van der Waals surface area contributed by atoms with Crippen LogP contribution in [-0.2, 0) is 0 Å². The molecule has 1 aromatic heterocycles. The number of nitrogens with two attached hydrogens (primary N) is 1. The van der Waals surface area contributed by atoms with Crippen LogP contribution in [0.4, 0.5) is 0 Å². The van der Waals surface area contributed by atoms with Gasteiger partial charge in [-0.2, -0.15) is 5.10 Å². The van der Waals surface area contributed by atoms with Gasteiger partial charge in [-0.3, -0.25) is 4.79 Å². The molecule has 0 aliphatic heterocycles. The molecule has 0 unspecified atom stereocenters. The number of carbonyl (C=O) groups excluding carboxylic acids is 1. The molecule has 0 aliphatic carbocycles. The highest BCUT2D eigenvalue weighted by Crippen LogP contribution is 2.21. The van der Waals surface area contributed by atoms with E-state index < -0.39 is 0 Å². The van der Waals surface area contributed by atoms with Crippen molar-refractivity contribution in [2.75, 3.05) is 7.05 Å². The Morgan fingerprint density at radius 1 is 1.42 bits per heavy atom. The van der Waals surface area contributed by atoms with E-state index >= 15 is 0 Å². The monoisotopic (exact) mass is 258 g/mol. The van der Waals surface area contributed by atoms with Crippen molar-refractivity contribution in [1.82, 2.24) is 15.1 Å². The van der Waals surface area contributed by atoms with E-state index in [0.29, 0.717) is 5.69 Å². The van der Waals surface area contributed by atoms with Crippen LogP contribution in [0.3, 0.4) is 0 Å². The van der Waals surface area contributed by atoms with Crippen molar-refractivity contribution in [3.8, 4) is 5.69 Å². The lowest BCUT2D eigenvalue weighted by molar-refractivity contribution is 0.0957. The Labute approximate surface area is 112 Å². The summed E-state index contributed by atoms with van der Waals surface area (Å²) in [6.45, 7) is 2.04. The first-order valence-corrected chi connectivity index (χ1v) is 6.30. The van der Waals surface area contributed by atoms with E-state index in [2.05, 4.69) is 10.4 Å². The maximum atomic E-state index is 11.5. The Morgan fingerprint density at radius 2 is 2.16 bits per heavy atom. The summed E-state index contributed by atoms with van der Waals surface area (Å²) in [6, 6.07) is 9.48.